The second kappa shape index (κ2) is 9.01. The lowest BCUT2D eigenvalue weighted by atomic mass is 10.0. The maximum Gasteiger partial charge on any atom is 0.224 e. The number of carbonyl (C=O) groups is 1. The smallest absolute Gasteiger partial charge is 0.224 e. The van der Waals surface area contributed by atoms with Crippen LogP contribution in [0.4, 0.5) is 0 Å². The third kappa shape index (κ3) is 6.24. The van der Waals surface area contributed by atoms with E-state index in [0.717, 1.165) is 30.7 Å². The third-order valence-corrected chi connectivity index (χ3v) is 3.62. The van der Waals surface area contributed by atoms with Crippen LogP contribution in [0.1, 0.15) is 39.2 Å². The summed E-state index contributed by atoms with van der Waals surface area (Å²) in [6.07, 6.45) is 2.56. The van der Waals surface area contributed by atoms with E-state index in [1.165, 1.54) is 0 Å². The van der Waals surface area contributed by atoms with E-state index in [1.807, 2.05) is 38.1 Å². The van der Waals surface area contributed by atoms with Gasteiger partial charge in [-0.25, -0.2) is 0 Å². The van der Waals surface area contributed by atoms with E-state index in [-0.39, 0.29) is 24.4 Å². The van der Waals surface area contributed by atoms with Crippen molar-refractivity contribution in [3.8, 4) is 5.75 Å². The highest BCUT2D eigenvalue weighted by molar-refractivity contribution is 5.85. The quantitative estimate of drug-likeness (QED) is 0.874. The largest absolute Gasteiger partial charge is 0.491 e. The molecule has 0 saturated carbocycles. The summed E-state index contributed by atoms with van der Waals surface area (Å²) in [6.45, 7) is 7.13. The summed E-state index contributed by atoms with van der Waals surface area (Å²) in [5.41, 5.74) is 0.993. The van der Waals surface area contributed by atoms with Gasteiger partial charge in [0.2, 0.25) is 5.91 Å². The average molecular weight is 327 g/mol. The minimum absolute atomic E-state index is 0. The molecule has 22 heavy (non-hydrogen) atoms. The first-order valence-corrected chi connectivity index (χ1v) is 7.81. The number of carbonyl (C=O) groups excluding carboxylic acids is 1. The number of amides is 1. The van der Waals surface area contributed by atoms with Crippen molar-refractivity contribution in [3.63, 3.8) is 0 Å². The Morgan fingerprint density at radius 2 is 2.23 bits per heavy atom. The van der Waals surface area contributed by atoms with Gasteiger partial charge in [0.1, 0.15) is 5.75 Å². The highest BCUT2D eigenvalue weighted by Crippen LogP contribution is 2.16. The van der Waals surface area contributed by atoms with Gasteiger partial charge < -0.3 is 15.4 Å². The molecule has 0 aromatic heterocycles. The van der Waals surface area contributed by atoms with Crippen LogP contribution in [0.5, 0.6) is 5.75 Å². The molecule has 2 atom stereocenters. The molecule has 5 heteroatoms. The predicted molar refractivity (Wildman–Crippen MR) is 91.8 cm³/mol. The van der Waals surface area contributed by atoms with E-state index in [4.69, 9.17) is 4.74 Å². The zero-order valence-electron chi connectivity index (χ0n) is 13.6. The minimum atomic E-state index is 0. The van der Waals surface area contributed by atoms with Crippen molar-refractivity contribution in [3.05, 3.63) is 29.8 Å². The van der Waals surface area contributed by atoms with Crippen molar-refractivity contribution in [2.45, 2.75) is 58.2 Å². The van der Waals surface area contributed by atoms with Crippen LogP contribution >= 0.6 is 12.4 Å². The zero-order chi connectivity index (χ0) is 15.2. The lowest BCUT2D eigenvalue weighted by molar-refractivity contribution is -0.121. The molecule has 1 saturated heterocycles. The van der Waals surface area contributed by atoms with Crippen molar-refractivity contribution in [2.75, 3.05) is 6.54 Å². The Hall–Kier alpha value is -1.26. The van der Waals surface area contributed by atoms with Gasteiger partial charge in [0.05, 0.1) is 12.5 Å². The molecule has 0 radical (unpaired) electrons. The van der Waals surface area contributed by atoms with E-state index in [1.54, 1.807) is 0 Å². The Morgan fingerprint density at radius 1 is 1.45 bits per heavy atom. The highest BCUT2D eigenvalue weighted by atomic mass is 35.5. The van der Waals surface area contributed by atoms with Gasteiger partial charge in [0.15, 0.2) is 0 Å². The van der Waals surface area contributed by atoms with Gasteiger partial charge in [0, 0.05) is 12.1 Å². The fourth-order valence-electron chi connectivity index (χ4n) is 2.73. The molecular weight excluding hydrogens is 300 g/mol. The molecule has 1 fully saturated rings. The molecule has 2 rings (SSSR count). The van der Waals surface area contributed by atoms with Crippen molar-refractivity contribution in [2.24, 2.45) is 0 Å². The Bertz CT molecular complexity index is 479. The first kappa shape index (κ1) is 18.8. The normalized spacial score (nSPS) is 21.1. The van der Waals surface area contributed by atoms with Crippen LogP contribution < -0.4 is 15.4 Å². The molecule has 0 spiro atoms. The number of piperidine rings is 1. The summed E-state index contributed by atoms with van der Waals surface area (Å²) in [6, 6.07) is 8.56. The van der Waals surface area contributed by atoms with Crippen molar-refractivity contribution in [1.29, 1.82) is 0 Å². The van der Waals surface area contributed by atoms with Crippen molar-refractivity contribution in [1.82, 2.24) is 10.6 Å². The number of rotatable bonds is 5. The van der Waals surface area contributed by atoms with Crippen LogP contribution in [0.2, 0.25) is 0 Å². The van der Waals surface area contributed by atoms with Crippen molar-refractivity contribution < 1.29 is 9.53 Å². The van der Waals surface area contributed by atoms with Gasteiger partial charge in [-0.2, -0.15) is 0 Å². The van der Waals surface area contributed by atoms with E-state index in [9.17, 15) is 4.79 Å². The fourth-order valence-corrected chi connectivity index (χ4v) is 2.73. The number of hydrogen-bond acceptors (Lipinski definition) is 3. The van der Waals surface area contributed by atoms with Crippen LogP contribution in [0.3, 0.4) is 0 Å². The first-order valence-electron chi connectivity index (χ1n) is 7.81. The van der Waals surface area contributed by atoms with E-state index < -0.39 is 0 Å². The molecule has 2 N–H and O–H groups in total. The van der Waals surface area contributed by atoms with E-state index >= 15 is 0 Å². The van der Waals surface area contributed by atoms with Crippen molar-refractivity contribution >= 4 is 18.3 Å². The SMILES string of the molecule is CC1CC(NC(=O)Cc2cccc(OC(C)C)c2)CCN1.Cl. The lowest BCUT2D eigenvalue weighted by Gasteiger charge is -2.28. The van der Waals surface area contributed by atoms with Gasteiger partial charge in [-0.15, -0.1) is 12.4 Å². The second-order valence-corrected chi connectivity index (χ2v) is 6.13. The molecule has 1 aliphatic rings. The topological polar surface area (TPSA) is 50.4 Å². The second-order valence-electron chi connectivity index (χ2n) is 6.13. The Balaban J connectivity index is 0.00000242. The summed E-state index contributed by atoms with van der Waals surface area (Å²) in [4.78, 5) is 12.1. The monoisotopic (exact) mass is 326 g/mol. The standard InChI is InChI=1S/C17H26N2O2.ClH/c1-12(2)21-16-6-4-5-14(10-16)11-17(20)19-15-7-8-18-13(3)9-15;/h4-6,10,12-13,15,18H,7-9,11H2,1-3H3,(H,19,20);1H. The first-order chi connectivity index (χ1) is 10.0. The minimum Gasteiger partial charge on any atom is -0.491 e. The van der Waals surface area contributed by atoms with E-state index in [0.29, 0.717) is 18.5 Å². The highest BCUT2D eigenvalue weighted by Gasteiger charge is 2.19. The number of halogens is 1. The van der Waals surface area contributed by atoms with Gasteiger partial charge in [-0.05, 0) is 57.9 Å². The Kier molecular flexibility index (Phi) is 7.69. The van der Waals surface area contributed by atoms with Gasteiger partial charge in [-0.3, -0.25) is 4.79 Å². The van der Waals surface area contributed by atoms with Crippen LogP contribution in [0.15, 0.2) is 24.3 Å². The summed E-state index contributed by atoms with van der Waals surface area (Å²) in [7, 11) is 0. The number of nitrogens with one attached hydrogen (secondary N) is 2. The molecule has 1 heterocycles. The maximum absolute atomic E-state index is 12.1. The molecule has 2 unspecified atom stereocenters. The summed E-state index contributed by atoms with van der Waals surface area (Å²) in [5, 5.41) is 6.53. The fraction of sp³-hybridized carbons (Fsp3) is 0.588. The van der Waals surface area contributed by atoms with Gasteiger partial charge >= 0.3 is 0 Å². The predicted octanol–water partition coefficient (Wildman–Crippen LogP) is 2.69. The molecule has 4 nitrogen and oxygen atoms in total. The van der Waals surface area contributed by atoms with Gasteiger partial charge in [0.25, 0.3) is 0 Å². The van der Waals surface area contributed by atoms with Crippen LogP contribution in [-0.2, 0) is 11.2 Å². The van der Waals surface area contributed by atoms with Crippen LogP contribution in [-0.4, -0.2) is 30.6 Å². The van der Waals surface area contributed by atoms with Crippen LogP contribution in [0, 0.1) is 0 Å². The molecule has 1 aromatic carbocycles. The summed E-state index contributed by atoms with van der Waals surface area (Å²) < 4.78 is 5.66. The molecule has 1 aliphatic heterocycles. The lowest BCUT2D eigenvalue weighted by Crippen LogP contribution is -2.46. The number of ether oxygens (including phenoxy) is 1. The molecule has 0 bridgehead atoms. The Labute approximate surface area is 139 Å². The summed E-state index contributed by atoms with van der Waals surface area (Å²) >= 11 is 0. The molecule has 124 valence electrons. The Morgan fingerprint density at radius 3 is 2.91 bits per heavy atom. The average Bonchev–Trinajstić information content (AvgIpc) is 2.37. The molecular formula is C17H27ClN2O2. The van der Waals surface area contributed by atoms with E-state index in [2.05, 4.69) is 17.6 Å². The number of hydrogen-bond donors (Lipinski definition) is 2. The maximum atomic E-state index is 12.1. The van der Waals surface area contributed by atoms with Crippen LogP contribution in [0.25, 0.3) is 0 Å². The summed E-state index contributed by atoms with van der Waals surface area (Å²) in [5.74, 6) is 0.918. The molecule has 0 aliphatic carbocycles. The molecule has 1 aromatic rings. The zero-order valence-corrected chi connectivity index (χ0v) is 14.4. The number of benzene rings is 1. The molecule has 1 amide bonds. The van der Waals surface area contributed by atoms with Gasteiger partial charge in [-0.1, -0.05) is 12.1 Å². The third-order valence-electron chi connectivity index (χ3n) is 3.62.